The van der Waals surface area contributed by atoms with Crippen molar-refractivity contribution in [1.82, 2.24) is 9.47 Å². The smallest absolute Gasteiger partial charge is 0.283 e. The Morgan fingerprint density at radius 3 is 2.68 bits per heavy atom. The van der Waals surface area contributed by atoms with Gasteiger partial charge in [0.05, 0.1) is 17.4 Å². The molecular formula is C25H25N5O3S. The standard InChI is InChI=1S/C25H25N5O3S/c1-29-16-4-8-24(29)28-34(32,33)21-12-10-20(11-13-21)27-25(31)14-9-19-18-30(17-5-15-26)23-7-3-2-6-22(19)23/h2-3,6-7,9-14,18H,4-5,8,16-17H2,1H3,(H,27,31)/b14-9+,28-24+. The monoisotopic (exact) mass is 475 g/mol. The minimum absolute atomic E-state index is 0.0824. The van der Waals surface area contributed by atoms with Gasteiger partial charge < -0.3 is 14.8 Å². The highest BCUT2D eigenvalue weighted by Gasteiger charge is 2.20. The molecule has 0 spiro atoms. The third-order valence-corrected chi connectivity index (χ3v) is 7.00. The van der Waals surface area contributed by atoms with Gasteiger partial charge in [0, 0.05) is 61.0 Å². The lowest BCUT2D eigenvalue weighted by Crippen LogP contribution is -2.20. The van der Waals surface area contributed by atoms with Crippen LogP contribution in [0.2, 0.25) is 0 Å². The number of amides is 1. The molecule has 0 bridgehead atoms. The van der Waals surface area contributed by atoms with Crippen molar-refractivity contribution in [2.75, 3.05) is 18.9 Å². The molecule has 8 nitrogen and oxygen atoms in total. The normalized spacial score (nSPS) is 15.3. The molecule has 34 heavy (non-hydrogen) atoms. The molecule has 1 N–H and O–H groups in total. The molecule has 1 amide bonds. The average molecular weight is 476 g/mol. The molecule has 0 aliphatic carbocycles. The second kappa shape index (κ2) is 9.93. The van der Waals surface area contributed by atoms with E-state index in [0.29, 0.717) is 30.9 Å². The van der Waals surface area contributed by atoms with Crippen LogP contribution in [0.25, 0.3) is 17.0 Å². The molecule has 1 saturated heterocycles. The van der Waals surface area contributed by atoms with Crippen LogP contribution in [-0.2, 0) is 21.4 Å². The summed E-state index contributed by atoms with van der Waals surface area (Å²) in [6, 6.07) is 15.9. The van der Waals surface area contributed by atoms with Gasteiger partial charge in [0.15, 0.2) is 0 Å². The van der Waals surface area contributed by atoms with Gasteiger partial charge in [0.2, 0.25) is 5.91 Å². The maximum Gasteiger partial charge on any atom is 0.283 e. The van der Waals surface area contributed by atoms with Gasteiger partial charge in [-0.2, -0.15) is 13.7 Å². The van der Waals surface area contributed by atoms with Crippen molar-refractivity contribution in [3.63, 3.8) is 0 Å². The summed E-state index contributed by atoms with van der Waals surface area (Å²) < 4.78 is 31.1. The SMILES string of the molecule is CN1CCC/C1=N\S(=O)(=O)c1ccc(NC(=O)/C=C/c2cn(CCC#N)c3ccccc23)cc1. The van der Waals surface area contributed by atoms with Crippen LogP contribution < -0.4 is 5.32 Å². The first-order valence-electron chi connectivity index (χ1n) is 11.0. The summed E-state index contributed by atoms with van der Waals surface area (Å²) in [6.07, 6.45) is 7.03. The van der Waals surface area contributed by atoms with Crippen LogP contribution in [0.5, 0.6) is 0 Å². The molecule has 3 aromatic rings. The van der Waals surface area contributed by atoms with Crippen LogP contribution in [0.4, 0.5) is 5.69 Å². The number of nitrogens with one attached hydrogen (secondary N) is 1. The van der Waals surface area contributed by atoms with E-state index in [2.05, 4.69) is 15.8 Å². The lowest BCUT2D eigenvalue weighted by Gasteiger charge is -2.11. The van der Waals surface area contributed by atoms with Crippen LogP contribution in [0.1, 0.15) is 24.8 Å². The molecule has 4 rings (SSSR count). The second-order valence-corrected chi connectivity index (χ2v) is 9.66. The van der Waals surface area contributed by atoms with Crippen LogP contribution >= 0.6 is 0 Å². The van der Waals surface area contributed by atoms with Gasteiger partial charge in [0.25, 0.3) is 10.0 Å². The van der Waals surface area contributed by atoms with E-state index < -0.39 is 10.0 Å². The Labute approximate surface area is 198 Å². The number of hydrogen-bond donors (Lipinski definition) is 1. The van der Waals surface area contributed by atoms with Gasteiger partial charge >= 0.3 is 0 Å². The maximum atomic E-state index is 12.6. The Kier molecular flexibility index (Phi) is 6.80. The summed E-state index contributed by atoms with van der Waals surface area (Å²) in [6.45, 7) is 1.38. The molecule has 1 aliphatic rings. The van der Waals surface area contributed by atoms with Gasteiger partial charge in [-0.25, -0.2) is 0 Å². The minimum atomic E-state index is -3.80. The predicted molar refractivity (Wildman–Crippen MR) is 133 cm³/mol. The van der Waals surface area contributed by atoms with Gasteiger partial charge in [-0.1, -0.05) is 18.2 Å². The fourth-order valence-corrected chi connectivity index (χ4v) is 5.02. The van der Waals surface area contributed by atoms with Crippen molar-refractivity contribution in [2.45, 2.75) is 30.7 Å². The van der Waals surface area contributed by atoms with Crippen LogP contribution in [0.15, 0.2) is 70.1 Å². The number of fused-ring (bicyclic) bond motifs is 1. The topological polar surface area (TPSA) is 108 Å². The first kappa shape index (κ1) is 23.3. The summed E-state index contributed by atoms with van der Waals surface area (Å²) in [7, 11) is -1.97. The summed E-state index contributed by atoms with van der Waals surface area (Å²) >= 11 is 0. The van der Waals surface area contributed by atoms with E-state index in [9.17, 15) is 13.2 Å². The fraction of sp³-hybridized carbons (Fsp3) is 0.240. The molecule has 2 heterocycles. The summed E-state index contributed by atoms with van der Waals surface area (Å²) in [5.74, 6) is 0.230. The Balaban J connectivity index is 1.45. The highest BCUT2D eigenvalue weighted by atomic mass is 32.2. The van der Waals surface area contributed by atoms with Gasteiger partial charge in [-0.15, -0.1) is 4.40 Å². The number of carbonyl (C=O) groups excluding carboxylic acids is 1. The molecule has 2 aromatic carbocycles. The first-order chi connectivity index (χ1) is 16.4. The van der Waals surface area contributed by atoms with Crippen LogP contribution in [0.3, 0.4) is 0 Å². The number of amidine groups is 1. The highest BCUT2D eigenvalue weighted by molar-refractivity contribution is 7.90. The molecule has 0 radical (unpaired) electrons. The van der Waals surface area contributed by atoms with Gasteiger partial charge in [0.1, 0.15) is 5.84 Å². The summed E-state index contributed by atoms with van der Waals surface area (Å²) in [4.78, 5) is 14.4. The minimum Gasteiger partial charge on any atom is -0.362 e. The molecule has 9 heteroatoms. The van der Waals surface area contributed by atoms with Crippen molar-refractivity contribution >= 4 is 44.4 Å². The quantitative estimate of drug-likeness (QED) is 0.519. The third-order valence-electron chi connectivity index (χ3n) is 5.68. The Morgan fingerprint density at radius 2 is 1.97 bits per heavy atom. The lowest BCUT2D eigenvalue weighted by molar-refractivity contribution is -0.111. The zero-order valence-electron chi connectivity index (χ0n) is 18.8. The van der Waals surface area contributed by atoms with Gasteiger partial charge in [-0.05, 0) is 42.8 Å². The Bertz CT molecular complexity index is 1410. The average Bonchev–Trinajstić information content (AvgIpc) is 3.39. The fourth-order valence-electron chi connectivity index (χ4n) is 3.92. The number of sulfonamides is 1. The number of anilines is 1. The molecule has 0 atom stereocenters. The largest absolute Gasteiger partial charge is 0.362 e. The molecule has 0 unspecified atom stereocenters. The van der Waals surface area contributed by atoms with E-state index in [1.165, 1.54) is 18.2 Å². The van der Waals surface area contributed by atoms with Crippen molar-refractivity contribution < 1.29 is 13.2 Å². The Hall–Kier alpha value is -3.90. The lowest BCUT2D eigenvalue weighted by atomic mass is 10.1. The molecule has 1 aromatic heterocycles. The third kappa shape index (κ3) is 5.18. The number of hydrogen-bond acceptors (Lipinski definition) is 4. The van der Waals surface area contributed by atoms with Crippen LogP contribution in [0, 0.1) is 11.3 Å². The zero-order valence-corrected chi connectivity index (χ0v) is 19.6. The number of aryl methyl sites for hydroxylation is 1. The highest BCUT2D eigenvalue weighted by Crippen LogP contribution is 2.23. The number of benzene rings is 2. The van der Waals surface area contributed by atoms with E-state index >= 15 is 0 Å². The molecule has 174 valence electrons. The molecule has 1 aliphatic heterocycles. The number of nitrogens with zero attached hydrogens (tertiary/aromatic N) is 4. The zero-order chi connectivity index (χ0) is 24.1. The predicted octanol–water partition coefficient (Wildman–Crippen LogP) is 4.02. The van der Waals surface area contributed by atoms with Gasteiger partial charge in [-0.3, -0.25) is 4.79 Å². The Morgan fingerprint density at radius 1 is 1.21 bits per heavy atom. The van der Waals surface area contributed by atoms with Crippen molar-refractivity contribution in [3.8, 4) is 6.07 Å². The van der Waals surface area contributed by atoms with Crippen molar-refractivity contribution in [1.29, 1.82) is 5.26 Å². The second-order valence-electron chi connectivity index (χ2n) is 8.06. The first-order valence-corrected chi connectivity index (χ1v) is 12.4. The molecule has 0 saturated carbocycles. The summed E-state index contributed by atoms with van der Waals surface area (Å²) in [5.41, 5.74) is 2.36. The van der Waals surface area contributed by atoms with E-state index in [4.69, 9.17) is 5.26 Å². The van der Waals surface area contributed by atoms with E-state index in [0.717, 1.165) is 29.4 Å². The number of rotatable bonds is 7. The van der Waals surface area contributed by atoms with E-state index in [1.54, 1.807) is 18.2 Å². The number of para-hydroxylation sites is 1. The maximum absolute atomic E-state index is 12.6. The van der Waals surface area contributed by atoms with E-state index in [-0.39, 0.29) is 10.8 Å². The number of carbonyl (C=O) groups is 1. The number of likely N-dealkylation sites (tertiary alicyclic amines) is 1. The van der Waals surface area contributed by atoms with Crippen LogP contribution in [-0.4, -0.2) is 43.2 Å². The van der Waals surface area contributed by atoms with E-state index in [1.807, 2.05) is 47.0 Å². The van der Waals surface area contributed by atoms with Crippen molar-refractivity contribution in [2.24, 2.45) is 4.40 Å². The van der Waals surface area contributed by atoms with Crippen molar-refractivity contribution in [3.05, 3.63) is 66.4 Å². The summed E-state index contributed by atoms with van der Waals surface area (Å²) in [5, 5.41) is 12.6. The number of nitriles is 1. The number of aromatic nitrogens is 1. The molecular weight excluding hydrogens is 450 g/mol. The molecule has 1 fully saturated rings.